The standard InChI is InChI=1S/C16H28N2S/c1-4-15(16-6-5-9-19-16)18-8-7-14(12-18)11-17-10-13(2)3/h5-6,9,13-15,17H,4,7-8,10-12H2,1-3H3. The molecule has 2 nitrogen and oxygen atoms in total. The van der Waals surface area contributed by atoms with Gasteiger partial charge in [-0.3, -0.25) is 4.90 Å². The highest BCUT2D eigenvalue weighted by atomic mass is 32.1. The monoisotopic (exact) mass is 280 g/mol. The van der Waals surface area contributed by atoms with Crippen molar-refractivity contribution >= 4 is 11.3 Å². The molecule has 0 aromatic carbocycles. The summed E-state index contributed by atoms with van der Waals surface area (Å²) in [6, 6.07) is 5.12. The van der Waals surface area contributed by atoms with E-state index in [4.69, 9.17) is 0 Å². The maximum atomic E-state index is 3.61. The topological polar surface area (TPSA) is 15.3 Å². The first-order valence-electron chi connectivity index (χ1n) is 7.68. The Balaban J connectivity index is 1.80. The molecule has 0 radical (unpaired) electrons. The molecule has 2 atom stereocenters. The first-order valence-corrected chi connectivity index (χ1v) is 8.56. The van der Waals surface area contributed by atoms with E-state index in [1.165, 1.54) is 32.5 Å². The lowest BCUT2D eigenvalue weighted by atomic mass is 10.1. The average molecular weight is 280 g/mol. The van der Waals surface area contributed by atoms with E-state index in [1.54, 1.807) is 4.88 Å². The second-order valence-corrected chi connectivity index (χ2v) is 7.12. The van der Waals surface area contributed by atoms with Crippen molar-refractivity contribution in [3.05, 3.63) is 22.4 Å². The van der Waals surface area contributed by atoms with Crippen molar-refractivity contribution in [3.8, 4) is 0 Å². The molecule has 2 rings (SSSR count). The summed E-state index contributed by atoms with van der Waals surface area (Å²) in [4.78, 5) is 4.23. The van der Waals surface area contributed by atoms with Crippen molar-refractivity contribution < 1.29 is 0 Å². The smallest absolute Gasteiger partial charge is 0.0439 e. The molecule has 0 saturated carbocycles. The summed E-state index contributed by atoms with van der Waals surface area (Å²) >= 11 is 1.91. The minimum atomic E-state index is 0.648. The van der Waals surface area contributed by atoms with Crippen LogP contribution in [0.1, 0.15) is 44.5 Å². The van der Waals surface area contributed by atoms with Gasteiger partial charge in [0.05, 0.1) is 0 Å². The van der Waals surface area contributed by atoms with E-state index < -0.39 is 0 Å². The zero-order valence-electron chi connectivity index (χ0n) is 12.6. The minimum Gasteiger partial charge on any atom is -0.316 e. The molecule has 1 N–H and O–H groups in total. The predicted molar refractivity (Wildman–Crippen MR) is 84.7 cm³/mol. The molecule has 1 saturated heterocycles. The van der Waals surface area contributed by atoms with E-state index in [1.807, 2.05) is 11.3 Å². The average Bonchev–Trinajstić information content (AvgIpc) is 3.02. The summed E-state index contributed by atoms with van der Waals surface area (Å²) in [6.07, 6.45) is 2.58. The van der Waals surface area contributed by atoms with Gasteiger partial charge in [0.25, 0.3) is 0 Å². The molecule has 2 unspecified atom stereocenters. The van der Waals surface area contributed by atoms with Crippen LogP contribution in [-0.4, -0.2) is 31.1 Å². The van der Waals surface area contributed by atoms with E-state index in [2.05, 4.69) is 48.5 Å². The van der Waals surface area contributed by atoms with Crippen LogP contribution in [0.2, 0.25) is 0 Å². The van der Waals surface area contributed by atoms with Crippen LogP contribution >= 0.6 is 11.3 Å². The number of likely N-dealkylation sites (tertiary alicyclic amines) is 1. The Bertz CT molecular complexity index is 348. The summed E-state index contributed by atoms with van der Waals surface area (Å²) in [6.45, 7) is 11.7. The number of hydrogen-bond acceptors (Lipinski definition) is 3. The third-order valence-corrected chi connectivity index (χ3v) is 4.98. The summed E-state index contributed by atoms with van der Waals surface area (Å²) in [5, 5.41) is 5.82. The summed E-state index contributed by atoms with van der Waals surface area (Å²) < 4.78 is 0. The molecule has 1 aromatic rings. The number of nitrogens with zero attached hydrogens (tertiary/aromatic N) is 1. The quantitative estimate of drug-likeness (QED) is 0.818. The molecule has 1 aliphatic rings. The molecule has 1 fully saturated rings. The van der Waals surface area contributed by atoms with E-state index in [-0.39, 0.29) is 0 Å². The van der Waals surface area contributed by atoms with Gasteiger partial charge in [-0.25, -0.2) is 0 Å². The third-order valence-electron chi connectivity index (χ3n) is 4.00. The number of thiophene rings is 1. The fraction of sp³-hybridized carbons (Fsp3) is 0.750. The lowest BCUT2D eigenvalue weighted by Gasteiger charge is -2.26. The Labute approximate surface area is 122 Å². The fourth-order valence-electron chi connectivity index (χ4n) is 3.01. The van der Waals surface area contributed by atoms with E-state index in [9.17, 15) is 0 Å². The SMILES string of the molecule is CCC(c1cccs1)N1CCC(CNCC(C)C)C1. The maximum absolute atomic E-state index is 3.61. The molecule has 1 aliphatic heterocycles. The molecule has 1 aromatic heterocycles. The van der Waals surface area contributed by atoms with E-state index in [0.717, 1.165) is 18.4 Å². The second-order valence-electron chi connectivity index (χ2n) is 6.14. The van der Waals surface area contributed by atoms with Crippen LogP contribution in [0.3, 0.4) is 0 Å². The van der Waals surface area contributed by atoms with Gasteiger partial charge in [0.1, 0.15) is 0 Å². The maximum Gasteiger partial charge on any atom is 0.0439 e. The van der Waals surface area contributed by atoms with E-state index in [0.29, 0.717) is 6.04 Å². The van der Waals surface area contributed by atoms with Gasteiger partial charge in [-0.1, -0.05) is 26.8 Å². The Morgan fingerprint density at radius 2 is 2.32 bits per heavy atom. The summed E-state index contributed by atoms with van der Waals surface area (Å²) in [5.74, 6) is 1.60. The zero-order chi connectivity index (χ0) is 13.7. The first kappa shape index (κ1) is 15.0. The largest absolute Gasteiger partial charge is 0.316 e. The lowest BCUT2D eigenvalue weighted by molar-refractivity contribution is 0.232. The zero-order valence-corrected chi connectivity index (χ0v) is 13.4. The number of rotatable bonds is 7. The van der Waals surface area contributed by atoms with Crippen LogP contribution in [0, 0.1) is 11.8 Å². The van der Waals surface area contributed by atoms with Crippen molar-refractivity contribution in [2.24, 2.45) is 11.8 Å². The van der Waals surface area contributed by atoms with Gasteiger partial charge in [0.15, 0.2) is 0 Å². The molecule has 0 spiro atoms. The van der Waals surface area contributed by atoms with Crippen molar-refractivity contribution in [1.82, 2.24) is 10.2 Å². The molecule has 19 heavy (non-hydrogen) atoms. The van der Waals surface area contributed by atoms with Crippen molar-refractivity contribution in [3.63, 3.8) is 0 Å². The molecule has 2 heterocycles. The van der Waals surface area contributed by atoms with Gasteiger partial charge >= 0.3 is 0 Å². The number of nitrogens with one attached hydrogen (secondary N) is 1. The molecular formula is C16H28N2S. The highest BCUT2D eigenvalue weighted by Gasteiger charge is 2.28. The van der Waals surface area contributed by atoms with Gasteiger partial charge in [-0.2, -0.15) is 0 Å². The van der Waals surface area contributed by atoms with Crippen LogP contribution in [0.15, 0.2) is 17.5 Å². The highest BCUT2D eigenvalue weighted by Crippen LogP contribution is 2.32. The molecule has 3 heteroatoms. The summed E-state index contributed by atoms with van der Waals surface area (Å²) in [5.41, 5.74) is 0. The normalized spacial score (nSPS) is 22.2. The van der Waals surface area contributed by atoms with E-state index >= 15 is 0 Å². The van der Waals surface area contributed by atoms with Crippen molar-refractivity contribution in [1.29, 1.82) is 0 Å². The van der Waals surface area contributed by atoms with Crippen LogP contribution < -0.4 is 5.32 Å². The molecular weight excluding hydrogens is 252 g/mol. The number of hydrogen-bond donors (Lipinski definition) is 1. The highest BCUT2D eigenvalue weighted by molar-refractivity contribution is 7.10. The van der Waals surface area contributed by atoms with Crippen molar-refractivity contribution in [2.75, 3.05) is 26.2 Å². The third kappa shape index (κ3) is 4.30. The molecule has 0 amide bonds. The van der Waals surface area contributed by atoms with Gasteiger partial charge < -0.3 is 5.32 Å². The van der Waals surface area contributed by atoms with Crippen molar-refractivity contribution in [2.45, 2.75) is 39.7 Å². The Hall–Kier alpha value is -0.380. The predicted octanol–water partition coefficient (Wildman–Crippen LogP) is 3.77. The molecule has 108 valence electrons. The minimum absolute atomic E-state index is 0.648. The summed E-state index contributed by atoms with van der Waals surface area (Å²) in [7, 11) is 0. The van der Waals surface area contributed by atoms with Crippen LogP contribution in [-0.2, 0) is 0 Å². The Kier molecular flexibility index (Phi) is 5.86. The van der Waals surface area contributed by atoms with Gasteiger partial charge in [-0.15, -0.1) is 11.3 Å². The van der Waals surface area contributed by atoms with Crippen LogP contribution in [0.5, 0.6) is 0 Å². The van der Waals surface area contributed by atoms with Gasteiger partial charge in [0.2, 0.25) is 0 Å². The lowest BCUT2D eigenvalue weighted by Crippen LogP contribution is -2.30. The second kappa shape index (κ2) is 7.41. The van der Waals surface area contributed by atoms with Gasteiger partial charge in [0, 0.05) is 17.5 Å². The van der Waals surface area contributed by atoms with Gasteiger partial charge in [-0.05, 0) is 55.8 Å². The molecule has 0 bridgehead atoms. The molecule has 0 aliphatic carbocycles. The Morgan fingerprint density at radius 3 is 2.95 bits per heavy atom. The fourth-order valence-corrected chi connectivity index (χ4v) is 3.95. The van der Waals surface area contributed by atoms with Crippen LogP contribution in [0.4, 0.5) is 0 Å². The Morgan fingerprint density at radius 1 is 1.47 bits per heavy atom. The first-order chi connectivity index (χ1) is 9.20. The van der Waals surface area contributed by atoms with Crippen LogP contribution in [0.25, 0.3) is 0 Å².